The first-order valence-electron chi connectivity index (χ1n) is 14.5. The summed E-state index contributed by atoms with van der Waals surface area (Å²) in [4.78, 5) is 0. The van der Waals surface area contributed by atoms with Crippen molar-refractivity contribution in [2.45, 2.75) is 113 Å². The zero-order valence-electron chi connectivity index (χ0n) is 26.0. The molecule has 1 aliphatic heterocycles. The molecule has 0 aliphatic carbocycles. The molecule has 0 bridgehead atoms. The van der Waals surface area contributed by atoms with E-state index in [9.17, 15) is 0 Å². The summed E-state index contributed by atoms with van der Waals surface area (Å²) < 4.78 is 0. The third-order valence-corrected chi connectivity index (χ3v) is 7.55. The highest BCUT2D eigenvalue weighted by atomic mass is 15.0. The molecule has 1 aliphatic rings. The average molecular weight is 514 g/mol. The molecule has 0 spiro atoms. The zero-order chi connectivity index (χ0) is 28.3. The van der Waals surface area contributed by atoms with E-state index in [0.717, 1.165) is 17.8 Å². The van der Waals surface area contributed by atoms with Crippen molar-refractivity contribution in [3.63, 3.8) is 0 Å². The molecule has 0 unspecified atom stereocenters. The van der Waals surface area contributed by atoms with Gasteiger partial charge >= 0.3 is 0 Å². The van der Waals surface area contributed by atoms with Gasteiger partial charge in [0.1, 0.15) is 0 Å². The average Bonchev–Trinajstić information content (AvgIpc) is 2.84. The molecule has 206 valence electrons. The van der Waals surface area contributed by atoms with E-state index in [-0.39, 0.29) is 0 Å². The lowest BCUT2D eigenvalue weighted by Crippen LogP contribution is -2.22. The van der Waals surface area contributed by atoms with Crippen LogP contribution in [-0.2, 0) is 0 Å². The molecule has 0 aromatic heterocycles. The monoisotopic (exact) mass is 513 g/mol. The molecule has 0 fully saturated rings. The van der Waals surface area contributed by atoms with Crippen molar-refractivity contribution in [3.8, 4) is 0 Å². The second-order valence-electron chi connectivity index (χ2n) is 12.4. The van der Waals surface area contributed by atoms with Gasteiger partial charge in [0.25, 0.3) is 0 Å². The fraction of sp³-hybridized carbons (Fsp3) is 0.486. The molecule has 3 rings (SSSR count). The maximum absolute atomic E-state index is 3.84. The summed E-state index contributed by atoms with van der Waals surface area (Å²) in [6, 6.07) is 9.34. The van der Waals surface area contributed by atoms with Gasteiger partial charge in [0.2, 0.25) is 0 Å². The van der Waals surface area contributed by atoms with Crippen molar-refractivity contribution < 1.29 is 0 Å². The van der Waals surface area contributed by atoms with Crippen molar-refractivity contribution in [1.82, 2.24) is 5.32 Å². The number of anilines is 2. The first-order valence-corrected chi connectivity index (χ1v) is 14.5. The van der Waals surface area contributed by atoms with Gasteiger partial charge in [-0.05, 0) is 79.7 Å². The summed E-state index contributed by atoms with van der Waals surface area (Å²) in [6.07, 6.45) is 5.36. The standard InChI is InChI=1S/C35H51N3/c1-20(2)28-16-24(9)17-29(21(3)4)34(28)36-26(11)32-14-13-15-33(38-32)27(12)37-35-30(22(5)6)18-25(10)19-31(35)23(7)8/h13-14,16-23,36-38H,15H2,1-12H3. The molecule has 2 aromatic carbocycles. The molecule has 0 amide bonds. The summed E-state index contributed by atoms with van der Waals surface area (Å²) in [6.45, 7) is 27.0. The topological polar surface area (TPSA) is 36.1 Å². The van der Waals surface area contributed by atoms with Crippen molar-refractivity contribution >= 4 is 11.4 Å². The predicted octanol–water partition coefficient (Wildman–Crippen LogP) is 10.3. The first kappa shape index (κ1) is 29.6. The van der Waals surface area contributed by atoms with Gasteiger partial charge in [0.15, 0.2) is 0 Å². The normalized spacial score (nSPS) is 16.4. The molecule has 0 radical (unpaired) electrons. The van der Waals surface area contributed by atoms with Crippen LogP contribution >= 0.6 is 0 Å². The second kappa shape index (κ2) is 12.3. The molecule has 3 heteroatoms. The Kier molecular flexibility index (Phi) is 9.57. The molecule has 38 heavy (non-hydrogen) atoms. The number of benzene rings is 2. The Morgan fingerprint density at radius 2 is 1.00 bits per heavy atom. The minimum absolute atomic E-state index is 0.448. The van der Waals surface area contributed by atoms with Gasteiger partial charge in [-0.25, -0.2) is 0 Å². The Bertz CT molecular complexity index is 1190. The number of rotatable bonds is 8. The van der Waals surface area contributed by atoms with Crippen LogP contribution in [-0.4, -0.2) is 0 Å². The lowest BCUT2D eigenvalue weighted by Gasteiger charge is -2.26. The summed E-state index contributed by atoms with van der Waals surface area (Å²) in [5, 5.41) is 11.4. The van der Waals surface area contributed by atoms with E-state index in [1.54, 1.807) is 0 Å². The molecular weight excluding hydrogens is 462 g/mol. The van der Waals surface area contributed by atoms with Crippen molar-refractivity contribution in [1.29, 1.82) is 0 Å². The van der Waals surface area contributed by atoms with Crippen LogP contribution in [0.25, 0.3) is 0 Å². The molecule has 1 heterocycles. The summed E-state index contributed by atoms with van der Waals surface area (Å²) in [5.74, 6) is 1.80. The molecule has 0 saturated heterocycles. The summed E-state index contributed by atoms with van der Waals surface area (Å²) >= 11 is 0. The Morgan fingerprint density at radius 3 is 1.37 bits per heavy atom. The summed E-state index contributed by atoms with van der Waals surface area (Å²) in [5.41, 5.74) is 15.4. The Morgan fingerprint density at radius 1 is 0.632 bits per heavy atom. The van der Waals surface area contributed by atoms with E-state index in [1.807, 2.05) is 0 Å². The van der Waals surface area contributed by atoms with Gasteiger partial charge in [0, 0.05) is 34.9 Å². The highest BCUT2D eigenvalue weighted by Crippen LogP contribution is 2.37. The van der Waals surface area contributed by atoms with Gasteiger partial charge in [-0.2, -0.15) is 0 Å². The number of nitrogens with one attached hydrogen (secondary N) is 3. The van der Waals surface area contributed by atoms with Gasteiger partial charge in [0.05, 0.1) is 5.70 Å². The van der Waals surface area contributed by atoms with E-state index in [4.69, 9.17) is 0 Å². The molecule has 3 N–H and O–H groups in total. The lowest BCUT2D eigenvalue weighted by atomic mass is 9.90. The van der Waals surface area contributed by atoms with Crippen LogP contribution in [0.2, 0.25) is 0 Å². The van der Waals surface area contributed by atoms with E-state index in [1.165, 1.54) is 56.1 Å². The van der Waals surface area contributed by atoms with Crippen molar-refractivity contribution in [3.05, 3.63) is 92.6 Å². The minimum Gasteiger partial charge on any atom is -0.357 e. The molecular formula is C35H51N3. The van der Waals surface area contributed by atoms with Gasteiger partial charge in [-0.1, -0.05) is 96.9 Å². The highest BCUT2D eigenvalue weighted by molar-refractivity contribution is 5.66. The molecule has 0 atom stereocenters. The third-order valence-electron chi connectivity index (χ3n) is 7.55. The summed E-state index contributed by atoms with van der Waals surface area (Å²) in [7, 11) is 0. The van der Waals surface area contributed by atoms with Crippen LogP contribution in [0.5, 0.6) is 0 Å². The predicted molar refractivity (Wildman–Crippen MR) is 168 cm³/mol. The number of aryl methyl sites for hydroxylation is 2. The third kappa shape index (κ3) is 6.73. The van der Waals surface area contributed by atoms with Gasteiger partial charge < -0.3 is 16.0 Å². The Labute approximate surface area is 232 Å². The van der Waals surface area contributed by atoms with Crippen molar-refractivity contribution in [2.75, 3.05) is 10.6 Å². The quantitative estimate of drug-likeness (QED) is 0.328. The van der Waals surface area contributed by atoms with Gasteiger partial charge in [-0.3, -0.25) is 0 Å². The number of hydrogen-bond acceptors (Lipinski definition) is 3. The maximum Gasteiger partial charge on any atom is 0.0572 e. The van der Waals surface area contributed by atoms with Crippen LogP contribution in [0.4, 0.5) is 11.4 Å². The lowest BCUT2D eigenvalue weighted by molar-refractivity contribution is 0.828. The smallest absolute Gasteiger partial charge is 0.0572 e. The molecule has 2 aromatic rings. The van der Waals surface area contributed by atoms with Crippen LogP contribution < -0.4 is 16.0 Å². The molecule has 0 saturated carbocycles. The van der Waals surface area contributed by atoms with Crippen LogP contribution in [0, 0.1) is 13.8 Å². The Balaban J connectivity index is 1.99. The second-order valence-corrected chi connectivity index (χ2v) is 12.4. The number of allylic oxidation sites excluding steroid dienone is 4. The van der Waals surface area contributed by atoms with Crippen LogP contribution in [0.3, 0.4) is 0 Å². The Hall–Kier alpha value is -2.94. The minimum atomic E-state index is 0.448. The fourth-order valence-corrected chi connectivity index (χ4v) is 5.33. The van der Waals surface area contributed by atoms with Gasteiger partial charge in [-0.15, -0.1) is 0 Å². The van der Waals surface area contributed by atoms with E-state index in [2.05, 4.69) is 135 Å². The molecule has 3 nitrogen and oxygen atoms in total. The van der Waals surface area contributed by atoms with E-state index >= 15 is 0 Å². The van der Waals surface area contributed by atoms with Crippen LogP contribution in [0.15, 0.2) is 59.2 Å². The van der Waals surface area contributed by atoms with Crippen molar-refractivity contribution in [2.24, 2.45) is 0 Å². The van der Waals surface area contributed by atoms with Crippen LogP contribution in [0.1, 0.15) is 133 Å². The highest BCUT2D eigenvalue weighted by Gasteiger charge is 2.19. The van der Waals surface area contributed by atoms with E-state index < -0.39 is 0 Å². The number of hydrogen-bond donors (Lipinski definition) is 3. The zero-order valence-corrected chi connectivity index (χ0v) is 26.0. The first-order chi connectivity index (χ1) is 17.8. The largest absolute Gasteiger partial charge is 0.357 e. The SMILES string of the molecule is CC(Nc1c(C(C)C)cc(C)cc1C(C)C)=C1C=CCC(=C(C)Nc2c(C(C)C)cc(C)cc2C(C)C)N1. The maximum atomic E-state index is 3.84. The fourth-order valence-electron chi connectivity index (χ4n) is 5.33. The van der Waals surface area contributed by atoms with E-state index in [0.29, 0.717) is 23.7 Å².